The second-order valence-corrected chi connectivity index (χ2v) is 3.18. The van der Waals surface area contributed by atoms with E-state index in [2.05, 4.69) is 0 Å². The lowest BCUT2D eigenvalue weighted by atomic mass is 10.0. The molecule has 0 fully saturated rings. The molecule has 0 aromatic heterocycles. The van der Waals surface area contributed by atoms with Crippen molar-refractivity contribution in [3.63, 3.8) is 0 Å². The highest BCUT2D eigenvalue weighted by Crippen LogP contribution is 2.11. The van der Waals surface area contributed by atoms with Crippen LogP contribution in [0.4, 0.5) is 0 Å². The van der Waals surface area contributed by atoms with Crippen molar-refractivity contribution < 1.29 is 19.1 Å². The van der Waals surface area contributed by atoms with Gasteiger partial charge >= 0.3 is 11.9 Å². The molecule has 0 rings (SSSR count). The highest BCUT2D eigenvalue weighted by molar-refractivity contribution is 5.71. The van der Waals surface area contributed by atoms with Gasteiger partial charge in [0.25, 0.3) is 0 Å². The Balaban J connectivity index is 3.89. The van der Waals surface area contributed by atoms with Gasteiger partial charge in [0.2, 0.25) is 0 Å². The van der Waals surface area contributed by atoms with Gasteiger partial charge in [-0.1, -0.05) is 0 Å². The van der Waals surface area contributed by atoms with Crippen molar-refractivity contribution in [1.82, 2.24) is 0 Å². The number of nitrogens with zero attached hydrogens (tertiary/aromatic N) is 1. The molecule has 0 saturated heterocycles. The van der Waals surface area contributed by atoms with Crippen LogP contribution in [0.25, 0.3) is 0 Å². The third-order valence-corrected chi connectivity index (χ3v) is 1.90. The number of hydrogen-bond donors (Lipinski definition) is 0. The highest BCUT2D eigenvalue weighted by Gasteiger charge is 2.15. The van der Waals surface area contributed by atoms with Crippen molar-refractivity contribution in [2.75, 3.05) is 13.2 Å². The zero-order valence-electron chi connectivity index (χ0n) is 9.69. The van der Waals surface area contributed by atoms with Gasteiger partial charge in [0.1, 0.15) is 0 Å². The van der Waals surface area contributed by atoms with E-state index in [1.807, 2.05) is 6.07 Å². The number of hydrogen-bond acceptors (Lipinski definition) is 5. The summed E-state index contributed by atoms with van der Waals surface area (Å²) in [5, 5.41) is 8.78. The molecule has 0 heterocycles. The predicted molar refractivity (Wildman–Crippen MR) is 56.2 cm³/mol. The Morgan fingerprint density at radius 3 is 2.25 bits per heavy atom. The number of nitriles is 1. The molecule has 0 aromatic carbocycles. The van der Waals surface area contributed by atoms with Gasteiger partial charge in [0.15, 0.2) is 0 Å². The molecule has 0 aliphatic carbocycles. The largest absolute Gasteiger partial charge is 0.466 e. The Labute approximate surface area is 95.3 Å². The summed E-state index contributed by atoms with van der Waals surface area (Å²) in [6, 6.07) is 1.98. The Kier molecular flexibility index (Phi) is 7.86. The summed E-state index contributed by atoms with van der Waals surface area (Å²) in [6.45, 7) is 4.05. The van der Waals surface area contributed by atoms with Crippen LogP contribution >= 0.6 is 0 Å². The van der Waals surface area contributed by atoms with Crippen LogP contribution in [-0.4, -0.2) is 25.2 Å². The first-order valence-electron chi connectivity index (χ1n) is 5.34. The molecule has 0 aliphatic heterocycles. The van der Waals surface area contributed by atoms with E-state index < -0.39 is 11.9 Å². The number of ether oxygens (including phenoxy) is 2. The smallest absolute Gasteiger partial charge is 0.307 e. The molecule has 0 saturated carbocycles. The Bertz CT molecular complexity index is 270. The van der Waals surface area contributed by atoms with Gasteiger partial charge in [0, 0.05) is 6.42 Å². The molecular weight excluding hydrogens is 210 g/mol. The minimum Gasteiger partial charge on any atom is -0.466 e. The molecule has 0 radical (unpaired) electrons. The van der Waals surface area contributed by atoms with Crippen LogP contribution < -0.4 is 0 Å². The number of carbonyl (C=O) groups is 2. The molecule has 0 aliphatic rings. The lowest BCUT2D eigenvalue weighted by molar-refractivity contribution is -0.146. The van der Waals surface area contributed by atoms with E-state index in [1.54, 1.807) is 13.8 Å². The Hall–Kier alpha value is -1.57. The summed E-state index contributed by atoms with van der Waals surface area (Å²) >= 11 is 0. The first-order chi connectivity index (χ1) is 7.63. The highest BCUT2D eigenvalue weighted by atomic mass is 16.5. The normalized spacial score (nSPS) is 11.3. The van der Waals surface area contributed by atoms with Crippen molar-refractivity contribution in [2.45, 2.75) is 33.1 Å². The van der Waals surface area contributed by atoms with E-state index in [9.17, 15) is 9.59 Å². The summed E-state index contributed by atoms with van der Waals surface area (Å²) < 4.78 is 9.45. The van der Waals surface area contributed by atoms with E-state index in [0.29, 0.717) is 19.6 Å². The van der Waals surface area contributed by atoms with Crippen molar-refractivity contribution in [1.29, 1.82) is 5.26 Å². The lowest BCUT2D eigenvalue weighted by Gasteiger charge is -2.07. The predicted octanol–water partition coefficient (Wildman–Crippen LogP) is 1.42. The molecule has 90 valence electrons. The van der Waals surface area contributed by atoms with Crippen LogP contribution in [-0.2, 0) is 19.1 Å². The van der Waals surface area contributed by atoms with E-state index in [4.69, 9.17) is 14.7 Å². The van der Waals surface area contributed by atoms with Crippen molar-refractivity contribution in [3.05, 3.63) is 0 Å². The monoisotopic (exact) mass is 227 g/mol. The number of rotatable bonds is 7. The van der Waals surface area contributed by atoms with Gasteiger partial charge in [-0.15, -0.1) is 0 Å². The maximum atomic E-state index is 11.1. The first-order valence-corrected chi connectivity index (χ1v) is 5.34. The summed E-state index contributed by atoms with van der Waals surface area (Å²) in [5.74, 6) is -1.23. The zero-order chi connectivity index (χ0) is 12.4. The van der Waals surface area contributed by atoms with Gasteiger partial charge in [-0.3, -0.25) is 9.59 Å². The third kappa shape index (κ3) is 6.82. The molecule has 5 nitrogen and oxygen atoms in total. The quantitative estimate of drug-likeness (QED) is 0.615. The average molecular weight is 227 g/mol. The molecule has 1 atom stereocenters. The molecule has 0 spiro atoms. The molecule has 0 amide bonds. The van der Waals surface area contributed by atoms with Crippen molar-refractivity contribution >= 4 is 11.9 Å². The lowest BCUT2D eigenvalue weighted by Crippen LogP contribution is -2.12. The number of carbonyl (C=O) groups excluding carboxylic acids is 2. The van der Waals surface area contributed by atoms with Crippen LogP contribution in [0, 0.1) is 17.2 Å². The summed E-state index contributed by atoms with van der Waals surface area (Å²) in [6.07, 6.45) is 0.517. The Morgan fingerprint density at radius 2 is 1.75 bits per heavy atom. The van der Waals surface area contributed by atoms with Gasteiger partial charge in [-0.05, 0) is 20.3 Å². The SMILES string of the molecule is CCOC(=O)CCC(C#N)CC(=O)OCC. The van der Waals surface area contributed by atoms with Crippen molar-refractivity contribution in [3.8, 4) is 6.07 Å². The summed E-state index contributed by atoms with van der Waals surface area (Å²) in [7, 11) is 0. The first kappa shape index (κ1) is 14.4. The second-order valence-electron chi connectivity index (χ2n) is 3.18. The van der Waals surface area contributed by atoms with Gasteiger partial charge in [0.05, 0.1) is 31.6 Å². The van der Waals surface area contributed by atoms with Crippen LogP contribution in [0.3, 0.4) is 0 Å². The van der Waals surface area contributed by atoms with E-state index in [0.717, 1.165) is 0 Å². The molecule has 0 N–H and O–H groups in total. The Morgan fingerprint density at radius 1 is 1.19 bits per heavy atom. The molecule has 1 unspecified atom stereocenters. The maximum Gasteiger partial charge on any atom is 0.307 e. The summed E-state index contributed by atoms with van der Waals surface area (Å²) in [5.41, 5.74) is 0. The number of esters is 2. The van der Waals surface area contributed by atoms with E-state index >= 15 is 0 Å². The zero-order valence-corrected chi connectivity index (χ0v) is 9.69. The fourth-order valence-electron chi connectivity index (χ4n) is 1.16. The van der Waals surface area contributed by atoms with E-state index in [-0.39, 0.29) is 18.8 Å². The molecular formula is C11H17NO4. The molecule has 16 heavy (non-hydrogen) atoms. The molecule has 5 heteroatoms. The van der Waals surface area contributed by atoms with Crippen LogP contribution in [0.1, 0.15) is 33.1 Å². The average Bonchev–Trinajstić information content (AvgIpc) is 2.25. The molecule has 0 aromatic rings. The summed E-state index contributed by atoms with van der Waals surface area (Å²) in [4.78, 5) is 22.1. The minimum absolute atomic E-state index is 0.0315. The fourth-order valence-corrected chi connectivity index (χ4v) is 1.16. The second kappa shape index (κ2) is 8.72. The van der Waals surface area contributed by atoms with Gasteiger partial charge in [-0.25, -0.2) is 0 Å². The fraction of sp³-hybridized carbons (Fsp3) is 0.727. The topological polar surface area (TPSA) is 76.4 Å². The van der Waals surface area contributed by atoms with E-state index in [1.165, 1.54) is 0 Å². The van der Waals surface area contributed by atoms with Crippen molar-refractivity contribution in [2.24, 2.45) is 5.92 Å². The van der Waals surface area contributed by atoms with Crippen LogP contribution in [0.5, 0.6) is 0 Å². The standard InChI is InChI=1S/C11H17NO4/c1-3-15-10(13)6-5-9(8-12)7-11(14)16-4-2/h9H,3-7H2,1-2H3. The van der Waals surface area contributed by atoms with Gasteiger partial charge < -0.3 is 9.47 Å². The maximum absolute atomic E-state index is 11.1. The van der Waals surface area contributed by atoms with Crippen LogP contribution in [0.2, 0.25) is 0 Å². The minimum atomic E-state index is -0.483. The van der Waals surface area contributed by atoms with Crippen LogP contribution in [0.15, 0.2) is 0 Å². The van der Waals surface area contributed by atoms with Gasteiger partial charge in [-0.2, -0.15) is 5.26 Å². The molecule has 0 bridgehead atoms. The third-order valence-electron chi connectivity index (χ3n) is 1.90.